The largest absolute Gasteiger partial charge is 0.329 e. The molecule has 1 aliphatic heterocycles. The number of nitro groups is 1. The molecule has 10 heteroatoms. The zero-order valence-electron chi connectivity index (χ0n) is 21.7. The van der Waals surface area contributed by atoms with Crippen LogP contribution in [-0.4, -0.2) is 39.3 Å². The van der Waals surface area contributed by atoms with Crippen molar-refractivity contribution >= 4 is 34.8 Å². The summed E-state index contributed by atoms with van der Waals surface area (Å²) >= 11 is 5.96. The lowest BCUT2D eigenvalue weighted by atomic mass is 9.97. The van der Waals surface area contributed by atoms with Crippen molar-refractivity contribution in [3.63, 3.8) is 0 Å². The molecule has 204 valence electrons. The van der Waals surface area contributed by atoms with Gasteiger partial charge in [0.15, 0.2) is 0 Å². The number of carbonyl (C=O) groups is 2. The average Bonchev–Trinajstić information content (AvgIpc) is 3.45. The topological polar surface area (TPSA) is 88.7 Å². The molecule has 1 aliphatic rings. The fourth-order valence-corrected chi connectivity index (χ4v) is 5.22. The van der Waals surface area contributed by atoms with E-state index in [4.69, 9.17) is 11.6 Å². The number of aromatic nitrogens is 1. The smallest absolute Gasteiger partial charge is 0.288 e. The molecule has 0 bridgehead atoms. The lowest BCUT2D eigenvalue weighted by Crippen LogP contribution is -2.47. The Labute approximate surface area is 235 Å². The fourth-order valence-electron chi connectivity index (χ4n) is 5.03. The Hall–Kier alpha value is -4.50. The predicted octanol–water partition coefficient (Wildman–Crippen LogP) is 6.56. The number of para-hydroxylation sites is 2. The Morgan fingerprint density at radius 2 is 1.75 bits per heavy atom. The van der Waals surface area contributed by atoms with Gasteiger partial charge in [-0.1, -0.05) is 49.2 Å². The molecule has 1 unspecified atom stereocenters. The van der Waals surface area contributed by atoms with E-state index >= 15 is 0 Å². The van der Waals surface area contributed by atoms with Gasteiger partial charge >= 0.3 is 0 Å². The number of carbonyl (C=O) groups excluding carboxylic acids is 2. The maximum absolute atomic E-state index is 14.2. The number of halogens is 2. The average molecular weight is 561 g/mol. The van der Waals surface area contributed by atoms with Gasteiger partial charge in [-0.15, -0.1) is 0 Å². The van der Waals surface area contributed by atoms with Crippen LogP contribution >= 0.6 is 11.6 Å². The van der Waals surface area contributed by atoms with Crippen LogP contribution in [0.4, 0.5) is 15.8 Å². The second kappa shape index (κ2) is 11.3. The minimum absolute atomic E-state index is 0.0722. The molecule has 4 aromatic rings. The normalized spacial score (nSPS) is 13.9. The van der Waals surface area contributed by atoms with Gasteiger partial charge in [0.2, 0.25) is 5.91 Å². The molecule has 2 amide bonds. The summed E-state index contributed by atoms with van der Waals surface area (Å²) in [5, 5.41) is 11.3. The summed E-state index contributed by atoms with van der Waals surface area (Å²) in [6, 6.07) is 20.6. The van der Waals surface area contributed by atoms with Crippen LogP contribution < -0.4 is 4.90 Å². The highest BCUT2D eigenvalue weighted by atomic mass is 35.5. The molecule has 5 rings (SSSR count). The quantitative estimate of drug-likeness (QED) is 0.180. The molecule has 40 heavy (non-hydrogen) atoms. The zero-order chi connectivity index (χ0) is 28.4. The van der Waals surface area contributed by atoms with E-state index in [0.717, 1.165) is 23.9 Å². The minimum Gasteiger partial charge on any atom is -0.329 e. The first-order valence-corrected chi connectivity index (χ1v) is 13.2. The van der Waals surface area contributed by atoms with Crippen LogP contribution in [0.25, 0.3) is 5.69 Å². The molecule has 2 heterocycles. The molecule has 0 spiro atoms. The molecule has 8 nitrogen and oxygen atoms in total. The van der Waals surface area contributed by atoms with Gasteiger partial charge in [-0.3, -0.25) is 24.6 Å². The third-order valence-corrected chi connectivity index (χ3v) is 7.28. The standard InChI is InChI=1S/C30H26ClFN4O4/c1-2-3-16-33(30(38)21-12-15-23(31)27(18-21)36(39)40)19-28(37)35-25-8-5-4-7-24(25)34-17-6-9-26(34)29(35)20-10-13-22(32)14-11-20/h4-15,17-18,29H,2-3,16,19H2,1H3. The van der Waals surface area contributed by atoms with Crippen molar-refractivity contribution in [3.05, 3.63) is 123 Å². The van der Waals surface area contributed by atoms with Crippen molar-refractivity contribution in [1.29, 1.82) is 0 Å². The number of rotatable bonds is 8. The Kier molecular flexibility index (Phi) is 7.66. The first kappa shape index (κ1) is 27.1. The van der Waals surface area contributed by atoms with Gasteiger partial charge in [-0.25, -0.2) is 4.39 Å². The highest BCUT2D eigenvalue weighted by Gasteiger charge is 2.37. The first-order chi connectivity index (χ1) is 19.3. The van der Waals surface area contributed by atoms with Crippen LogP contribution in [0.1, 0.15) is 47.4 Å². The number of hydrogen-bond acceptors (Lipinski definition) is 4. The van der Waals surface area contributed by atoms with Gasteiger partial charge in [0.1, 0.15) is 23.4 Å². The maximum Gasteiger partial charge on any atom is 0.288 e. The number of fused-ring (bicyclic) bond motifs is 3. The van der Waals surface area contributed by atoms with E-state index in [1.807, 2.05) is 54.1 Å². The van der Waals surface area contributed by atoms with Crippen molar-refractivity contribution in [3.8, 4) is 5.69 Å². The lowest BCUT2D eigenvalue weighted by Gasteiger charge is -2.39. The highest BCUT2D eigenvalue weighted by Crippen LogP contribution is 2.42. The number of benzene rings is 3. The molecule has 0 fully saturated rings. The van der Waals surface area contributed by atoms with E-state index in [1.54, 1.807) is 17.0 Å². The van der Waals surface area contributed by atoms with Gasteiger partial charge in [0.05, 0.1) is 22.0 Å². The molecule has 0 N–H and O–H groups in total. The number of hydrogen-bond donors (Lipinski definition) is 0. The molecule has 3 aromatic carbocycles. The fraction of sp³-hybridized carbons (Fsp3) is 0.200. The van der Waals surface area contributed by atoms with Gasteiger partial charge < -0.3 is 9.47 Å². The van der Waals surface area contributed by atoms with Gasteiger partial charge in [0.25, 0.3) is 11.6 Å². The number of nitrogens with zero attached hydrogens (tertiary/aromatic N) is 4. The van der Waals surface area contributed by atoms with Gasteiger partial charge in [0, 0.05) is 24.4 Å². The predicted molar refractivity (Wildman–Crippen MR) is 150 cm³/mol. The van der Waals surface area contributed by atoms with E-state index in [-0.39, 0.29) is 41.1 Å². The summed E-state index contributed by atoms with van der Waals surface area (Å²) in [4.78, 5) is 41.6. The number of anilines is 1. The van der Waals surface area contributed by atoms with Gasteiger partial charge in [-0.05, 0) is 60.5 Å². The third-order valence-electron chi connectivity index (χ3n) is 6.96. The van der Waals surface area contributed by atoms with E-state index in [9.17, 15) is 24.1 Å². The van der Waals surface area contributed by atoms with E-state index in [1.165, 1.54) is 29.2 Å². The van der Waals surface area contributed by atoms with Crippen molar-refractivity contribution in [2.75, 3.05) is 18.0 Å². The highest BCUT2D eigenvalue weighted by molar-refractivity contribution is 6.32. The monoisotopic (exact) mass is 560 g/mol. The summed E-state index contributed by atoms with van der Waals surface area (Å²) in [5.41, 5.74) is 2.67. The second-order valence-corrected chi connectivity index (χ2v) is 9.92. The maximum atomic E-state index is 14.2. The molecule has 1 atom stereocenters. The van der Waals surface area contributed by atoms with Crippen LogP contribution in [0.3, 0.4) is 0 Å². The Bertz CT molecular complexity index is 1590. The number of amides is 2. The molecular formula is C30H26ClFN4O4. The summed E-state index contributed by atoms with van der Waals surface area (Å²) in [6.45, 7) is 1.99. The molecule has 0 saturated carbocycles. The number of unbranched alkanes of at least 4 members (excludes halogenated alkanes) is 1. The zero-order valence-corrected chi connectivity index (χ0v) is 22.4. The molecule has 0 aliphatic carbocycles. The summed E-state index contributed by atoms with van der Waals surface area (Å²) in [5.74, 6) is -1.24. The van der Waals surface area contributed by atoms with Gasteiger partial charge in [-0.2, -0.15) is 0 Å². The third kappa shape index (κ3) is 5.08. The van der Waals surface area contributed by atoms with Crippen LogP contribution in [0.2, 0.25) is 5.02 Å². The van der Waals surface area contributed by atoms with Crippen molar-refractivity contribution in [2.24, 2.45) is 0 Å². The van der Waals surface area contributed by atoms with Crippen LogP contribution in [-0.2, 0) is 4.79 Å². The van der Waals surface area contributed by atoms with Crippen molar-refractivity contribution < 1.29 is 18.9 Å². The van der Waals surface area contributed by atoms with E-state index < -0.39 is 16.9 Å². The van der Waals surface area contributed by atoms with E-state index in [2.05, 4.69) is 0 Å². The molecular weight excluding hydrogens is 535 g/mol. The number of nitro benzene ring substituents is 1. The van der Waals surface area contributed by atoms with Crippen LogP contribution in [0.5, 0.6) is 0 Å². The summed E-state index contributed by atoms with van der Waals surface area (Å²) in [6.07, 6.45) is 3.32. The second-order valence-electron chi connectivity index (χ2n) is 9.51. The minimum atomic E-state index is -0.645. The lowest BCUT2D eigenvalue weighted by molar-refractivity contribution is -0.384. The molecule has 1 aromatic heterocycles. The first-order valence-electron chi connectivity index (χ1n) is 12.9. The van der Waals surface area contributed by atoms with Crippen LogP contribution in [0.15, 0.2) is 85.1 Å². The Morgan fingerprint density at radius 3 is 2.45 bits per heavy atom. The summed E-state index contributed by atoms with van der Waals surface area (Å²) in [7, 11) is 0. The van der Waals surface area contributed by atoms with Crippen molar-refractivity contribution in [2.45, 2.75) is 25.8 Å². The molecule has 0 radical (unpaired) electrons. The van der Waals surface area contributed by atoms with Crippen LogP contribution in [0, 0.1) is 15.9 Å². The summed E-state index contributed by atoms with van der Waals surface area (Å²) < 4.78 is 15.8. The Balaban J connectivity index is 1.55. The Morgan fingerprint density at radius 1 is 1.02 bits per heavy atom. The molecule has 0 saturated heterocycles. The van der Waals surface area contributed by atoms with E-state index in [0.29, 0.717) is 17.7 Å². The van der Waals surface area contributed by atoms with Crippen molar-refractivity contribution in [1.82, 2.24) is 9.47 Å². The SMILES string of the molecule is CCCCN(CC(=O)N1c2ccccc2-n2cccc2C1c1ccc(F)cc1)C(=O)c1ccc(Cl)c([N+](=O)[O-])c1.